The molecule has 1 aromatic heterocycles. The zero-order chi connectivity index (χ0) is 53.3. The van der Waals surface area contributed by atoms with Crippen molar-refractivity contribution in [3.63, 3.8) is 0 Å². The molecule has 2 aliphatic heterocycles. The number of allylic oxidation sites excluding steroid dienone is 2. The first-order valence-electron chi connectivity index (χ1n) is 25.6. The summed E-state index contributed by atoms with van der Waals surface area (Å²) in [4.78, 5) is 58.4. The molecule has 384 valence electrons. The monoisotopic (exact) mass is 1060 g/mol. The lowest BCUT2D eigenvalue weighted by molar-refractivity contribution is -0.154. The Hall–Kier alpha value is -9.10. The molecule has 2 atom stereocenters. The lowest BCUT2D eigenvalue weighted by atomic mass is 9.77. The Labute approximate surface area is 461 Å². The van der Waals surface area contributed by atoms with E-state index in [2.05, 4.69) is 47.0 Å². The number of nitrogens with one attached hydrogen (secondary N) is 2. The Morgan fingerprint density at radius 2 is 1.05 bits per heavy atom. The Morgan fingerprint density at radius 1 is 0.628 bits per heavy atom. The SMILES string of the molecule is C/C=C\C1=C(C(=O)OC(c2ccccc2)c2ccccc2)N2C(=O)C(NC(=O)/C(=N\OC(c3ccccc3)(c3ccccc3)c3ccccc3)c3csc(NC(c4ccccc4)(c4ccccc4)c4ccccc4)n3)[C@@H]2SC1. The number of β-lactam (4-membered cyclic amide) rings is 1. The van der Waals surface area contributed by atoms with Crippen molar-refractivity contribution in [1.82, 2.24) is 15.2 Å². The molecule has 11 rings (SSSR count). The highest BCUT2D eigenvalue weighted by Gasteiger charge is 2.55. The van der Waals surface area contributed by atoms with Crippen molar-refractivity contribution in [3.05, 3.63) is 322 Å². The molecule has 2 amide bonds. The summed E-state index contributed by atoms with van der Waals surface area (Å²) in [7, 11) is 0. The smallest absolute Gasteiger partial charge is 0.356 e. The summed E-state index contributed by atoms with van der Waals surface area (Å²) in [6, 6.07) is 77.8. The number of oxime groups is 1. The zero-order valence-corrected chi connectivity index (χ0v) is 44.1. The summed E-state index contributed by atoms with van der Waals surface area (Å²) in [5.41, 5.74) is 5.27. The van der Waals surface area contributed by atoms with Crippen molar-refractivity contribution in [1.29, 1.82) is 0 Å². The first-order valence-corrected chi connectivity index (χ1v) is 27.6. The van der Waals surface area contributed by atoms with Gasteiger partial charge in [0, 0.05) is 27.8 Å². The number of ether oxygens (including phenoxy) is 1. The van der Waals surface area contributed by atoms with Crippen LogP contribution in [0.25, 0.3) is 0 Å². The topological polar surface area (TPSA) is 122 Å². The van der Waals surface area contributed by atoms with E-state index >= 15 is 4.79 Å². The summed E-state index contributed by atoms with van der Waals surface area (Å²) in [5, 5.41) is 13.4. The molecule has 0 saturated carbocycles. The molecule has 9 aromatic rings. The van der Waals surface area contributed by atoms with E-state index in [-0.39, 0.29) is 17.1 Å². The molecule has 1 unspecified atom stereocenters. The van der Waals surface area contributed by atoms with Crippen molar-refractivity contribution in [3.8, 4) is 0 Å². The molecule has 2 N–H and O–H groups in total. The van der Waals surface area contributed by atoms with Crippen molar-refractivity contribution in [2.45, 2.75) is 35.6 Å². The molecule has 10 nitrogen and oxygen atoms in total. The maximum absolute atomic E-state index is 15.4. The van der Waals surface area contributed by atoms with E-state index in [0.29, 0.717) is 16.5 Å². The van der Waals surface area contributed by atoms with Gasteiger partial charge >= 0.3 is 5.97 Å². The first-order chi connectivity index (χ1) is 38.4. The van der Waals surface area contributed by atoms with Gasteiger partial charge in [-0.1, -0.05) is 260 Å². The van der Waals surface area contributed by atoms with Gasteiger partial charge < -0.3 is 20.2 Å². The molecule has 3 heterocycles. The van der Waals surface area contributed by atoms with Crippen LogP contribution >= 0.6 is 23.1 Å². The lowest BCUT2D eigenvalue weighted by Crippen LogP contribution is -2.71. The van der Waals surface area contributed by atoms with Gasteiger partial charge in [-0.05, 0) is 40.3 Å². The molecule has 8 aromatic carbocycles. The largest absolute Gasteiger partial charge is 0.448 e. The van der Waals surface area contributed by atoms with Crippen LogP contribution in [0.5, 0.6) is 0 Å². The quantitative estimate of drug-likeness (QED) is 0.0286. The van der Waals surface area contributed by atoms with E-state index in [0.717, 1.165) is 44.5 Å². The fourth-order valence-corrected chi connectivity index (χ4v) is 12.4. The molecule has 12 heteroatoms. The fourth-order valence-electron chi connectivity index (χ4n) is 10.3. The van der Waals surface area contributed by atoms with Crippen LogP contribution in [0.1, 0.15) is 63.2 Å². The second-order valence-corrected chi connectivity index (χ2v) is 20.6. The third-order valence-electron chi connectivity index (χ3n) is 14.0. The number of thiazole rings is 1. The number of fused-ring (bicyclic) bond motifs is 1. The highest BCUT2D eigenvalue weighted by Crippen LogP contribution is 2.45. The maximum atomic E-state index is 15.4. The molecule has 0 radical (unpaired) electrons. The number of carbonyl (C=O) groups is 3. The van der Waals surface area contributed by atoms with E-state index in [4.69, 9.17) is 19.7 Å². The molecule has 1 saturated heterocycles. The van der Waals surface area contributed by atoms with Crippen molar-refractivity contribution < 1.29 is 24.0 Å². The van der Waals surface area contributed by atoms with Crippen molar-refractivity contribution >= 4 is 51.7 Å². The van der Waals surface area contributed by atoms with E-state index in [1.54, 1.807) is 5.38 Å². The molecule has 0 aliphatic carbocycles. The predicted octanol–water partition coefficient (Wildman–Crippen LogP) is 12.8. The number of esters is 1. The molecule has 0 spiro atoms. The van der Waals surface area contributed by atoms with Crippen molar-refractivity contribution in [2.75, 3.05) is 11.1 Å². The average molecular weight is 1060 g/mol. The number of nitrogens with zero attached hydrogens (tertiary/aromatic N) is 3. The first kappa shape index (κ1) is 51.0. The van der Waals surface area contributed by atoms with Crippen LogP contribution < -0.4 is 10.6 Å². The highest BCUT2D eigenvalue weighted by molar-refractivity contribution is 8.00. The minimum Gasteiger partial charge on any atom is -0.448 e. The Balaban J connectivity index is 0.984. The number of rotatable bonds is 18. The summed E-state index contributed by atoms with van der Waals surface area (Å²) in [6.45, 7) is 1.86. The van der Waals surface area contributed by atoms with Gasteiger partial charge in [-0.3, -0.25) is 14.5 Å². The molecular formula is C66H53N5O5S2. The summed E-state index contributed by atoms with van der Waals surface area (Å²) in [6.07, 6.45) is 2.92. The van der Waals surface area contributed by atoms with E-state index in [1.807, 2.05) is 225 Å². The van der Waals surface area contributed by atoms with E-state index in [9.17, 15) is 9.59 Å². The Kier molecular flexibility index (Phi) is 15.1. The van der Waals surface area contributed by atoms with Gasteiger partial charge in [0.05, 0.1) is 0 Å². The van der Waals surface area contributed by atoms with Gasteiger partial charge in [-0.25, -0.2) is 9.78 Å². The number of hydrogen-bond acceptors (Lipinski definition) is 10. The number of anilines is 1. The Morgan fingerprint density at radius 3 is 1.49 bits per heavy atom. The van der Waals surface area contributed by atoms with Gasteiger partial charge in [0.1, 0.15) is 28.3 Å². The number of thioether (sulfide) groups is 1. The minimum absolute atomic E-state index is 0.133. The minimum atomic E-state index is -1.36. The van der Waals surface area contributed by atoms with Crippen LogP contribution in [0.3, 0.4) is 0 Å². The zero-order valence-electron chi connectivity index (χ0n) is 42.5. The third-order valence-corrected chi connectivity index (χ3v) is 16.0. The lowest BCUT2D eigenvalue weighted by Gasteiger charge is -2.49. The molecule has 78 heavy (non-hydrogen) atoms. The normalized spacial score (nSPS) is 15.6. The standard InChI is InChI=1S/C66H53N5O5S2/c1-2-27-48-44-77-62-57(61(73)71(62)58(48)63(74)75-59(46-28-11-3-12-29-46)47-30-13-4-14-31-47)68-60(72)56(70-76-66(52-38-21-8-22-39-52,53-40-23-9-24-41-53)54-42-25-10-26-43-54)55-45-78-64(67-55)69-65(49-32-15-5-16-33-49,50-34-17-6-18-35-50)51-36-19-7-20-37-51/h2-43,45,57,59,62H,44H2,1H3,(H,67,69)(H,68,72)/b27-2-,70-56-/t57?,62-/m0/s1. The highest BCUT2D eigenvalue weighted by atomic mass is 32.2. The van der Waals surface area contributed by atoms with Crippen LogP contribution in [0.2, 0.25) is 0 Å². The van der Waals surface area contributed by atoms with Crippen molar-refractivity contribution in [2.24, 2.45) is 5.16 Å². The number of benzene rings is 8. The van der Waals surface area contributed by atoms with Gasteiger partial charge in [0.15, 0.2) is 16.9 Å². The second kappa shape index (κ2) is 23.0. The second-order valence-electron chi connectivity index (χ2n) is 18.7. The average Bonchev–Trinajstić information content (AvgIpc) is 4.02. The molecule has 1 fully saturated rings. The van der Waals surface area contributed by atoms with E-state index < -0.39 is 46.4 Å². The molecule has 2 aliphatic rings. The number of aromatic nitrogens is 1. The summed E-state index contributed by atoms with van der Waals surface area (Å²) >= 11 is 2.76. The maximum Gasteiger partial charge on any atom is 0.356 e. The van der Waals surface area contributed by atoms with Gasteiger partial charge in [0.25, 0.3) is 11.8 Å². The van der Waals surface area contributed by atoms with E-state index in [1.165, 1.54) is 28.0 Å². The van der Waals surface area contributed by atoms with Crippen LogP contribution in [0.15, 0.2) is 277 Å². The van der Waals surface area contributed by atoms with Gasteiger partial charge in [-0.15, -0.1) is 23.1 Å². The summed E-state index contributed by atoms with van der Waals surface area (Å²) < 4.78 is 6.38. The summed E-state index contributed by atoms with van der Waals surface area (Å²) in [5.74, 6) is -1.45. The third kappa shape index (κ3) is 9.95. The fraction of sp³-hybridized carbons (Fsp3) is 0.106. The van der Waals surface area contributed by atoms with Gasteiger partial charge in [0.2, 0.25) is 5.60 Å². The molecule has 0 bridgehead atoms. The number of amides is 2. The number of carbonyl (C=O) groups excluding carboxylic acids is 3. The van der Waals surface area contributed by atoms with Crippen LogP contribution in [-0.2, 0) is 35.1 Å². The number of hydrogen-bond donors (Lipinski definition) is 2. The van der Waals surface area contributed by atoms with Crippen LogP contribution in [0.4, 0.5) is 5.13 Å². The van der Waals surface area contributed by atoms with Crippen LogP contribution in [-0.4, -0.2) is 50.5 Å². The molecular weight excluding hydrogens is 1010 g/mol. The van der Waals surface area contributed by atoms with Crippen LogP contribution in [0, 0.1) is 0 Å². The predicted molar refractivity (Wildman–Crippen MR) is 309 cm³/mol. The Bertz CT molecular complexity index is 3370. The van der Waals surface area contributed by atoms with Gasteiger partial charge in [-0.2, -0.15) is 0 Å².